The number of aromatic amines is 1. The molecule has 0 amide bonds. The molecule has 5 nitrogen and oxygen atoms in total. The first-order valence-corrected chi connectivity index (χ1v) is 8.99. The molecule has 4 aromatic rings. The Morgan fingerprint density at radius 2 is 1.79 bits per heavy atom. The SMILES string of the molecule is O=C(COC(=O)c1cc(-c2ccccc2Cl)nc2ccccc12)c1ccc[nH]1. The number of hydrogen-bond acceptors (Lipinski definition) is 4. The van der Waals surface area contributed by atoms with E-state index in [1.807, 2.05) is 36.4 Å². The van der Waals surface area contributed by atoms with Crippen LogP contribution in [-0.2, 0) is 4.74 Å². The number of esters is 1. The fraction of sp³-hybridized carbons (Fsp3) is 0.0455. The first-order chi connectivity index (χ1) is 13.6. The fourth-order valence-electron chi connectivity index (χ4n) is 2.94. The molecule has 6 heteroatoms. The lowest BCUT2D eigenvalue weighted by Crippen LogP contribution is -2.15. The molecule has 0 fully saturated rings. The van der Waals surface area contributed by atoms with E-state index in [9.17, 15) is 9.59 Å². The Kier molecular flexibility index (Phi) is 4.91. The highest BCUT2D eigenvalue weighted by Gasteiger charge is 2.18. The monoisotopic (exact) mass is 390 g/mol. The molecule has 0 radical (unpaired) electrons. The lowest BCUT2D eigenvalue weighted by atomic mass is 10.0. The Labute approximate surface area is 165 Å². The number of benzene rings is 2. The number of nitrogens with one attached hydrogen (secondary N) is 1. The summed E-state index contributed by atoms with van der Waals surface area (Å²) in [5, 5.41) is 1.18. The van der Waals surface area contributed by atoms with Gasteiger partial charge in [0, 0.05) is 22.2 Å². The third kappa shape index (κ3) is 3.52. The topological polar surface area (TPSA) is 72.1 Å². The number of nitrogens with zero attached hydrogens (tertiary/aromatic N) is 1. The quantitative estimate of drug-likeness (QED) is 0.387. The van der Waals surface area contributed by atoms with Crippen molar-refractivity contribution in [3.8, 4) is 11.3 Å². The number of pyridine rings is 1. The third-order valence-electron chi connectivity index (χ3n) is 4.32. The highest BCUT2D eigenvalue weighted by atomic mass is 35.5. The van der Waals surface area contributed by atoms with Gasteiger partial charge in [-0.3, -0.25) is 4.79 Å². The first-order valence-electron chi connectivity index (χ1n) is 8.62. The number of halogens is 1. The van der Waals surface area contributed by atoms with Crippen LogP contribution in [0.1, 0.15) is 20.8 Å². The summed E-state index contributed by atoms with van der Waals surface area (Å²) in [7, 11) is 0. The molecule has 1 N–H and O–H groups in total. The summed E-state index contributed by atoms with van der Waals surface area (Å²) in [6, 6.07) is 19.5. The molecule has 0 unspecified atom stereocenters. The number of ketones is 1. The van der Waals surface area contributed by atoms with Gasteiger partial charge in [-0.2, -0.15) is 0 Å². The zero-order valence-electron chi connectivity index (χ0n) is 14.7. The predicted molar refractivity (Wildman–Crippen MR) is 108 cm³/mol. The Morgan fingerprint density at radius 1 is 1.00 bits per heavy atom. The van der Waals surface area contributed by atoms with Crippen LogP contribution in [0.3, 0.4) is 0 Å². The lowest BCUT2D eigenvalue weighted by Gasteiger charge is -2.10. The largest absolute Gasteiger partial charge is 0.454 e. The average Bonchev–Trinajstić information content (AvgIpc) is 3.26. The van der Waals surface area contributed by atoms with Crippen LogP contribution in [-0.4, -0.2) is 28.3 Å². The van der Waals surface area contributed by atoms with E-state index in [1.54, 1.807) is 36.5 Å². The molecule has 28 heavy (non-hydrogen) atoms. The molecule has 0 spiro atoms. The number of fused-ring (bicyclic) bond motifs is 1. The summed E-state index contributed by atoms with van der Waals surface area (Å²) >= 11 is 6.30. The van der Waals surface area contributed by atoms with Crippen LogP contribution in [0.2, 0.25) is 5.02 Å². The van der Waals surface area contributed by atoms with Crippen LogP contribution in [0.5, 0.6) is 0 Å². The number of H-pyrrole nitrogens is 1. The van der Waals surface area contributed by atoms with E-state index in [2.05, 4.69) is 9.97 Å². The minimum absolute atomic E-state index is 0.303. The van der Waals surface area contributed by atoms with Gasteiger partial charge in [0.15, 0.2) is 6.61 Å². The number of aromatic nitrogens is 2. The summed E-state index contributed by atoms with van der Waals surface area (Å²) in [5.41, 5.74) is 2.64. The van der Waals surface area contributed by atoms with Gasteiger partial charge in [0.05, 0.1) is 22.5 Å². The van der Waals surface area contributed by atoms with Crippen molar-refractivity contribution in [3.05, 3.63) is 89.2 Å². The van der Waals surface area contributed by atoms with Crippen molar-refractivity contribution in [3.63, 3.8) is 0 Å². The third-order valence-corrected chi connectivity index (χ3v) is 4.65. The zero-order valence-corrected chi connectivity index (χ0v) is 15.4. The van der Waals surface area contributed by atoms with Crippen molar-refractivity contribution in [1.82, 2.24) is 9.97 Å². The maximum Gasteiger partial charge on any atom is 0.339 e. The Morgan fingerprint density at radius 3 is 2.57 bits per heavy atom. The maximum atomic E-state index is 12.8. The molecule has 2 aromatic carbocycles. The highest BCUT2D eigenvalue weighted by molar-refractivity contribution is 6.33. The summed E-state index contributed by atoms with van der Waals surface area (Å²) in [5.74, 6) is -0.894. The number of carbonyl (C=O) groups excluding carboxylic acids is 2. The van der Waals surface area contributed by atoms with Gasteiger partial charge >= 0.3 is 5.97 Å². The second-order valence-corrected chi connectivity index (χ2v) is 6.54. The average molecular weight is 391 g/mol. The molecule has 0 bridgehead atoms. The minimum Gasteiger partial charge on any atom is -0.454 e. The van der Waals surface area contributed by atoms with Crippen LogP contribution in [0.4, 0.5) is 0 Å². The Balaban J connectivity index is 1.70. The minimum atomic E-state index is -0.591. The van der Waals surface area contributed by atoms with E-state index < -0.39 is 5.97 Å². The molecule has 0 atom stereocenters. The number of carbonyl (C=O) groups is 2. The van der Waals surface area contributed by atoms with Crippen molar-refractivity contribution in [1.29, 1.82) is 0 Å². The van der Waals surface area contributed by atoms with E-state index in [1.165, 1.54) is 0 Å². The molecule has 4 rings (SSSR count). The zero-order chi connectivity index (χ0) is 19.5. The van der Waals surface area contributed by atoms with E-state index in [0.29, 0.717) is 38.4 Å². The van der Waals surface area contributed by atoms with Gasteiger partial charge in [0.1, 0.15) is 0 Å². The van der Waals surface area contributed by atoms with Gasteiger partial charge in [-0.05, 0) is 30.3 Å². The molecular formula is C22H15ClN2O3. The standard InChI is InChI=1S/C22H15ClN2O3/c23-17-8-3-1-7-15(17)20-12-16(14-6-2-4-9-18(14)25-20)22(27)28-13-21(26)19-10-5-11-24-19/h1-12,24H,13H2. The number of ether oxygens (including phenoxy) is 1. The van der Waals surface area contributed by atoms with Crippen molar-refractivity contribution in [2.45, 2.75) is 0 Å². The van der Waals surface area contributed by atoms with Crippen molar-refractivity contribution in [2.24, 2.45) is 0 Å². The lowest BCUT2D eigenvalue weighted by molar-refractivity contribution is 0.0475. The fourth-order valence-corrected chi connectivity index (χ4v) is 3.17. The summed E-state index contributed by atoms with van der Waals surface area (Å²) in [4.78, 5) is 32.3. The molecule has 0 aliphatic heterocycles. The summed E-state index contributed by atoms with van der Waals surface area (Å²) < 4.78 is 5.27. The van der Waals surface area contributed by atoms with Gasteiger partial charge in [-0.25, -0.2) is 9.78 Å². The van der Waals surface area contributed by atoms with Gasteiger partial charge in [0.2, 0.25) is 5.78 Å². The molecular weight excluding hydrogens is 376 g/mol. The number of hydrogen-bond donors (Lipinski definition) is 1. The van der Waals surface area contributed by atoms with Gasteiger partial charge < -0.3 is 9.72 Å². The molecule has 138 valence electrons. The Hall–Kier alpha value is -3.44. The molecule has 2 heterocycles. The number of rotatable bonds is 5. The van der Waals surface area contributed by atoms with Crippen LogP contribution in [0.15, 0.2) is 72.9 Å². The van der Waals surface area contributed by atoms with Crippen LogP contribution in [0.25, 0.3) is 22.2 Å². The first kappa shape index (κ1) is 17.9. The number of Topliss-reactive ketones (excluding diaryl/α,β-unsaturated/α-hetero) is 1. The molecule has 0 saturated carbocycles. The second-order valence-electron chi connectivity index (χ2n) is 6.14. The van der Waals surface area contributed by atoms with Gasteiger partial charge in [0.25, 0.3) is 0 Å². The highest BCUT2D eigenvalue weighted by Crippen LogP contribution is 2.30. The predicted octanol–water partition coefficient (Wildman–Crippen LogP) is 4.92. The van der Waals surface area contributed by atoms with Crippen molar-refractivity contribution >= 4 is 34.3 Å². The van der Waals surface area contributed by atoms with E-state index >= 15 is 0 Å². The van der Waals surface area contributed by atoms with E-state index in [0.717, 1.165) is 0 Å². The molecule has 0 aliphatic rings. The van der Waals surface area contributed by atoms with Crippen molar-refractivity contribution < 1.29 is 14.3 Å². The Bertz CT molecular complexity index is 1170. The summed E-state index contributed by atoms with van der Waals surface area (Å²) in [6.45, 7) is -0.350. The molecule has 0 aliphatic carbocycles. The number of para-hydroxylation sites is 1. The van der Waals surface area contributed by atoms with Gasteiger partial charge in [-0.1, -0.05) is 48.0 Å². The second kappa shape index (κ2) is 7.66. The van der Waals surface area contributed by atoms with Crippen LogP contribution >= 0.6 is 11.6 Å². The van der Waals surface area contributed by atoms with Crippen molar-refractivity contribution in [2.75, 3.05) is 6.61 Å². The smallest absolute Gasteiger partial charge is 0.339 e. The maximum absolute atomic E-state index is 12.8. The summed E-state index contributed by atoms with van der Waals surface area (Å²) in [6.07, 6.45) is 1.64. The van der Waals surface area contributed by atoms with E-state index in [4.69, 9.17) is 16.3 Å². The normalized spacial score (nSPS) is 10.8. The van der Waals surface area contributed by atoms with Crippen LogP contribution in [0, 0.1) is 0 Å². The molecule has 0 saturated heterocycles. The van der Waals surface area contributed by atoms with E-state index in [-0.39, 0.29) is 12.4 Å². The van der Waals surface area contributed by atoms with Gasteiger partial charge in [-0.15, -0.1) is 0 Å². The molecule has 2 aromatic heterocycles. The van der Waals surface area contributed by atoms with Crippen LogP contribution < -0.4 is 0 Å².